The largest absolute Gasteiger partial charge is 0.366 e. The van der Waals surface area contributed by atoms with Crippen LogP contribution < -0.4 is 5.32 Å². The molecule has 0 aromatic carbocycles. The Morgan fingerprint density at radius 1 is 1.78 bits per heavy atom. The van der Waals surface area contributed by atoms with Crippen molar-refractivity contribution in [1.29, 1.82) is 0 Å². The van der Waals surface area contributed by atoms with Crippen molar-refractivity contribution in [2.45, 2.75) is 19.4 Å². The number of Topliss-reactive ketones (excluding diaryl/α,β-unsaturated/α-hetero) is 1. The van der Waals surface area contributed by atoms with Crippen LogP contribution in [0, 0.1) is 0 Å². The Labute approximate surface area is 54.4 Å². The molecule has 0 aromatic heterocycles. The van der Waals surface area contributed by atoms with E-state index in [1.165, 1.54) is 0 Å². The van der Waals surface area contributed by atoms with Crippen LogP contribution in [0.5, 0.6) is 0 Å². The fraction of sp³-hybridized carbons (Fsp3) is 0.833. The van der Waals surface area contributed by atoms with Crippen LogP contribution in [0.4, 0.5) is 0 Å². The molecular weight excluding hydrogens is 118 g/mol. The van der Waals surface area contributed by atoms with Crippen molar-refractivity contribution in [3.05, 3.63) is 0 Å². The van der Waals surface area contributed by atoms with Crippen molar-refractivity contribution in [3.63, 3.8) is 0 Å². The van der Waals surface area contributed by atoms with E-state index in [-0.39, 0.29) is 11.8 Å². The average molecular weight is 129 g/mol. The zero-order chi connectivity index (χ0) is 6.69. The molecule has 52 valence electrons. The van der Waals surface area contributed by atoms with E-state index in [4.69, 9.17) is 4.74 Å². The molecule has 1 heterocycles. The Kier molecular flexibility index (Phi) is 2.19. The highest BCUT2D eigenvalue weighted by atomic mass is 16.5. The van der Waals surface area contributed by atoms with E-state index in [9.17, 15) is 4.79 Å². The summed E-state index contributed by atoms with van der Waals surface area (Å²) >= 11 is 0. The third-order valence-corrected chi connectivity index (χ3v) is 1.47. The summed E-state index contributed by atoms with van der Waals surface area (Å²) in [6.07, 6.45) is 0.815. The molecule has 1 atom stereocenters. The molecule has 1 aliphatic heterocycles. The lowest BCUT2D eigenvalue weighted by atomic mass is 10.1. The zero-order valence-corrected chi connectivity index (χ0v) is 5.52. The van der Waals surface area contributed by atoms with Crippen LogP contribution >= 0.6 is 0 Å². The van der Waals surface area contributed by atoms with Crippen molar-refractivity contribution in [1.82, 2.24) is 5.32 Å². The van der Waals surface area contributed by atoms with Gasteiger partial charge >= 0.3 is 0 Å². The Balaban J connectivity index is 2.31. The maximum Gasteiger partial charge on any atom is 0.146 e. The molecule has 0 spiro atoms. The summed E-state index contributed by atoms with van der Waals surface area (Å²) in [7, 11) is 0. The first-order valence-corrected chi connectivity index (χ1v) is 3.12. The minimum Gasteiger partial charge on any atom is -0.366 e. The predicted molar refractivity (Wildman–Crippen MR) is 33.0 cm³/mol. The number of carbonyl (C=O) groups excluding carboxylic acids is 1. The molecular formula is C6H11NO2. The normalized spacial score (nSPS) is 27.9. The Morgan fingerprint density at radius 2 is 2.56 bits per heavy atom. The molecule has 0 aliphatic carbocycles. The van der Waals surface area contributed by atoms with Gasteiger partial charge in [-0.3, -0.25) is 10.1 Å². The number of carbonyl (C=O) groups is 1. The Bertz CT molecular complexity index is 108. The molecule has 3 nitrogen and oxygen atoms in total. The van der Waals surface area contributed by atoms with Crippen LogP contribution in [0.15, 0.2) is 0 Å². The lowest BCUT2D eigenvalue weighted by Gasteiger charge is -2.20. The van der Waals surface area contributed by atoms with Gasteiger partial charge in [-0.2, -0.15) is 0 Å². The molecule has 0 saturated carbocycles. The first-order valence-electron chi connectivity index (χ1n) is 3.12. The van der Waals surface area contributed by atoms with Gasteiger partial charge in [0.05, 0.1) is 19.4 Å². The molecule has 0 radical (unpaired) electrons. The molecule has 1 saturated heterocycles. The molecule has 1 rings (SSSR count). The summed E-state index contributed by atoms with van der Waals surface area (Å²) in [5.74, 6) is 0.207. The van der Waals surface area contributed by atoms with Gasteiger partial charge < -0.3 is 4.74 Å². The molecule has 9 heavy (non-hydrogen) atoms. The number of nitrogens with one attached hydrogen (secondary N) is 1. The standard InChI is InChI=1S/C6H11NO2/c1-5(8)6-2-3-9-4-7-6/h6-7H,2-4H2,1H3/t6-/m1/s1. The second kappa shape index (κ2) is 2.94. The SMILES string of the molecule is CC(=O)[C@H]1CCOCN1. The van der Waals surface area contributed by atoms with E-state index >= 15 is 0 Å². The highest BCUT2D eigenvalue weighted by Crippen LogP contribution is 1.98. The minimum atomic E-state index is 0.0405. The molecule has 0 bridgehead atoms. The second-order valence-electron chi connectivity index (χ2n) is 2.21. The van der Waals surface area contributed by atoms with Crippen molar-refractivity contribution in [2.75, 3.05) is 13.3 Å². The first-order chi connectivity index (χ1) is 4.30. The highest BCUT2D eigenvalue weighted by Gasteiger charge is 2.15. The smallest absolute Gasteiger partial charge is 0.146 e. The van der Waals surface area contributed by atoms with Crippen molar-refractivity contribution in [2.24, 2.45) is 0 Å². The molecule has 0 unspecified atom stereocenters. The van der Waals surface area contributed by atoms with Crippen molar-refractivity contribution in [3.8, 4) is 0 Å². The number of hydrogen-bond donors (Lipinski definition) is 1. The van der Waals surface area contributed by atoms with E-state index in [1.807, 2.05) is 0 Å². The van der Waals surface area contributed by atoms with Crippen molar-refractivity contribution >= 4 is 5.78 Å². The van der Waals surface area contributed by atoms with Crippen molar-refractivity contribution < 1.29 is 9.53 Å². The third kappa shape index (κ3) is 1.77. The molecule has 1 aliphatic rings. The quantitative estimate of drug-likeness (QED) is 0.537. The summed E-state index contributed by atoms with van der Waals surface area (Å²) in [5, 5.41) is 2.95. The Hall–Kier alpha value is -0.410. The van der Waals surface area contributed by atoms with Gasteiger partial charge in [-0.1, -0.05) is 0 Å². The maximum absolute atomic E-state index is 10.7. The minimum absolute atomic E-state index is 0.0405. The fourth-order valence-corrected chi connectivity index (χ4v) is 0.882. The average Bonchev–Trinajstić information content (AvgIpc) is 1.90. The first kappa shape index (κ1) is 6.71. The van der Waals surface area contributed by atoms with Gasteiger partial charge in [0.15, 0.2) is 0 Å². The van der Waals surface area contributed by atoms with Gasteiger partial charge in [0, 0.05) is 0 Å². The zero-order valence-electron chi connectivity index (χ0n) is 5.52. The van der Waals surface area contributed by atoms with Crippen LogP contribution in [-0.2, 0) is 9.53 Å². The monoisotopic (exact) mass is 129 g/mol. The number of rotatable bonds is 1. The predicted octanol–water partition coefficient (Wildman–Crippen LogP) is -0.0886. The summed E-state index contributed by atoms with van der Waals surface area (Å²) < 4.78 is 4.99. The van der Waals surface area contributed by atoms with E-state index in [2.05, 4.69) is 5.32 Å². The van der Waals surface area contributed by atoms with Gasteiger partial charge in [0.1, 0.15) is 5.78 Å². The molecule has 0 amide bonds. The van der Waals surface area contributed by atoms with Crippen LogP contribution in [-0.4, -0.2) is 25.2 Å². The molecule has 0 aromatic rings. The molecule has 3 heteroatoms. The number of ketones is 1. The van der Waals surface area contributed by atoms with Crippen LogP contribution in [0.3, 0.4) is 0 Å². The van der Waals surface area contributed by atoms with E-state index in [0.717, 1.165) is 6.42 Å². The second-order valence-corrected chi connectivity index (χ2v) is 2.21. The maximum atomic E-state index is 10.7. The molecule has 1 fully saturated rings. The summed E-state index contributed by atoms with van der Waals surface area (Å²) in [4.78, 5) is 10.7. The lowest BCUT2D eigenvalue weighted by Crippen LogP contribution is -2.41. The lowest BCUT2D eigenvalue weighted by molar-refractivity contribution is -0.121. The van der Waals surface area contributed by atoms with Gasteiger partial charge in [-0.25, -0.2) is 0 Å². The van der Waals surface area contributed by atoms with E-state index in [0.29, 0.717) is 13.3 Å². The van der Waals surface area contributed by atoms with Crippen LogP contribution in [0.2, 0.25) is 0 Å². The Morgan fingerprint density at radius 3 is 2.89 bits per heavy atom. The number of ether oxygens (including phenoxy) is 1. The fourth-order valence-electron chi connectivity index (χ4n) is 0.882. The molecule has 1 N–H and O–H groups in total. The van der Waals surface area contributed by atoms with Gasteiger partial charge in [0.25, 0.3) is 0 Å². The van der Waals surface area contributed by atoms with E-state index in [1.54, 1.807) is 6.92 Å². The van der Waals surface area contributed by atoms with Gasteiger partial charge in [0.2, 0.25) is 0 Å². The van der Waals surface area contributed by atoms with Gasteiger partial charge in [-0.15, -0.1) is 0 Å². The number of hydrogen-bond acceptors (Lipinski definition) is 3. The third-order valence-electron chi connectivity index (χ3n) is 1.47. The van der Waals surface area contributed by atoms with Crippen LogP contribution in [0.25, 0.3) is 0 Å². The highest BCUT2D eigenvalue weighted by molar-refractivity contribution is 5.81. The van der Waals surface area contributed by atoms with Gasteiger partial charge in [-0.05, 0) is 13.3 Å². The summed E-state index contributed by atoms with van der Waals surface area (Å²) in [6.45, 7) is 2.82. The summed E-state index contributed by atoms with van der Waals surface area (Å²) in [6, 6.07) is 0.0405. The topological polar surface area (TPSA) is 38.3 Å². The van der Waals surface area contributed by atoms with Crippen LogP contribution in [0.1, 0.15) is 13.3 Å². The summed E-state index contributed by atoms with van der Waals surface area (Å²) in [5.41, 5.74) is 0. The van der Waals surface area contributed by atoms with E-state index < -0.39 is 0 Å².